The topological polar surface area (TPSA) is 94.1 Å². The number of nitrogens with zero attached hydrogens (tertiary/aromatic N) is 2. The Balaban J connectivity index is 1.85. The maximum Gasteiger partial charge on any atom is 0.488 e. The Labute approximate surface area is 226 Å². The molecule has 5 aromatic rings. The molecule has 3 heterocycles. The number of rotatable bonds is 9. The van der Waals surface area contributed by atoms with Crippen LogP contribution in [0.3, 0.4) is 0 Å². The lowest BCUT2D eigenvalue weighted by molar-refractivity contribution is 0.439. The van der Waals surface area contributed by atoms with Crippen LogP contribution in [0.1, 0.15) is 50.7 Å². The van der Waals surface area contributed by atoms with E-state index < -0.39 is 10.5 Å². The molecule has 0 aliphatic rings. The predicted molar refractivity (Wildman–Crippen MR) is 153 cm³/mol. The molecular weight excluding hydrogens is 517 g/mol. The summed E-state index contributed by atoms with van der Waals surface area (Å²) in [6.07, 6.45) is 12.7. The molecule has 0 saturated carbocycles. The lowest BCUT2D eigenvalue weighted by atomic mass is 9.94. The SMILES string of the molecule is C#Cc1ccc2c(c1)[nH]c1c2c(=O)c2cc(CCCC)c(-c3cncc(OS(=O)(=O)F)c3)cc2n1CCCC. The molecule has 0 bridgehead atoms. The fraction of sp³-hybridized carbons (Fsp3) is 0.267. The van der Waals surface area contributed by atoms with E-state index in [0.717, 1.165) is 70.6 Å². The number of hydrogen-bond donors (Lipinski definition) is 1. The molecule has 3 aromatic heterocycles. The van der Waals surface area contributed by atoms with Crippen LogP contribution in [0.15, 0.2) is 53.6 Å². The third kappa shape index (κ3) is 5.12. The van der Waals surface area contributed by atoms with E-state index in [1.54, 1.807) is 6.20 Å². The number of halogens is 1. The van der Waals surface area contributed by atoms with Gasteiger partial charge < -0.3 is 13.7 Å². The summed E-state index contributed by atoms with van der Waals surface area (Å²) in [4.78, 5) is 21.5. The summed E-state index contributed by atoms with van der Waals surface area (Å²) in [5.74, 6) is 2.42. The maximum atomic E-state index is 14.0. The van der Waals surface area contributed by atoms with Crippen molar-refractivity contribution in [3.8, 4) is 29.2 Å². The van der Waals surface area contributed by atoms with E-state index in [-0.39, 0.29) is 11.2 Å². The average molecular weight is 546 g/mol. The second-order valence-corrected chi connectivity index (χ2v) is 10.6. The minimum absolute atomic E-state index is 0.0736. The standard InChI is InChI=1S/C30H28FN3O4S/c1-4-7-9-20-15-25-27(16-24(20)21-14-22(18-32-17-21)38-39(31,36)37)34(12-8-5-2)30-28(29(25)35)23-11-10-19(6-3)13-26(23)33-30/h3,10-11,13-18,33H,4-5,7-9,12H2,1-2H3. The summed E-state index contributed by atoms with van der Waals surface area (Å²) in [5.41, 5.74) is 5.16. The molecule has 7 nitrogen and oxygen atoms in total. The van der Waals surface area contributed by atoms with Gasteiger partial charge in [-0.1, -0.05) is 42.6 Å². The minimum Gasteiger partial charge on any atom is -0.357 e. The Morgan fingerprint density at radius 3 is 2.59 bits per heavy atom. The van der Waals surface area contributed by atoms with Crippen molar-refractivity contribution in [2.75, 3.05) is 0 Å². The van der Waals surface area contributed by atoms with Gasteiger partial charge in [-0.05, 0) is 60.7 Å². The van der Waals surface area contributed by atoms with Gasteiger partial charge in [0.15, 0.2) is 11.2 Å². The zero-order chi connectivity index (χ0) is 27.7. The van der Waals surface area contributed by atoms with Crippen LogP contribution < -0.4 is 9.61 Å². The van der Waals surface area contributed by atoms with Crippen LogP contribution in [0.5, 0.6) is 5.75 Å². The van der Waals surface area contributed by atoms with Gasteiger partial charge in [-0.25, -0.2) is 0 Å². The zero-order valence-electron chi connectivity index (χ0n) is 21.8. The first-order valence-corrected chi connectivity index (χ1v) is 14.3. The second kappa shape index (κ2) is 10.5. The number of pyridine rings is 2. The van der Waals surface area contributed by atoms with Crippen molar-refractivity contribution in [2.45, 2.75) is 52.5 Å². The Morgan fingerprint density at radius 1 is 1.08 bits per heavy atom. The first kappa shape index (κ1) is 26.4. The Kier molecular flexibility index (Phi) is 7.15. The lowest BCUT2D eigenvalue weighted by Gasteiger charge is -2.17. The molecule has 0 atom stereocenters. The molecule has 9 heteroatoms. The molecule has 2 aromatic carbocycles. The zero-order valence-corrected chi connectivity index (χ0v) is 22.6. The van der Waals surface area contributed by atoms with Crippen molar-refractivity contribution in [2.24, 2.45) is 0 Å². The van der Waals surface area contributed by atoms with Crippen molar-refractivity contribution in [1.82, 2.24) is 14.5 Å². The van der Waals surface area contributed by atoms with Gasteiger partial charge in [-0.2, -0.15) is 8.42 Å². The largest absolute Gasteiger partial charge is 0.488 e. The van der Waals surface area contributed by atoms with Crippen molar-refractivity contribution in [1.29, 1.82) is 0 Å². The molecular formula is C30H28FN3O4S. The summed E-state index contributed by atoms with van der Waals surface area (Å²) in [6.45, 7) is 4.87. The molecule has 0 aliphatic carbocycles. The maximum absolute atomic E-state index is 14.0. The van der Waals surface area contributed by atoms with E-state index in [1.165, 1.54) is 6.07 Å². The number of nitrogens with one attached hydrogen (secondary N) is 1. The van der Waals surface area contributed by atoms with Crippen molar-refractivity contribution in [3.05, 3.63) is 70.1 Å². The Bertz CT molecular complexity index is 1930. The van der Waals surface area contributed by atoms with E-state index >= 15 is 0 Å². The van der Waals surface area contributed by atoms with Gasteiger partial charge >= 0.3 is 10.5 Å². The van der Waals surface area contributed by atoms with Crippen LogP contribution in [-0.4, -0.2) is 23.0 Å². The number of aromatic amines is 1. The summed E-state index contributed by atoms with van der Waals surface area (Å²) in [5, 5.41) is 2.04. The molecule has 0 radical (unpaired) electrons. The number of fused-ring (bicyclic) bond motifs is 4. The third-order valence-corrected chi connectivity index (χ3v) is 7.35. The molecule has 0 fully saturated rings. The smallest absolute Gasteiger partial charge is 0.357 e. The number of aromatic nitrogens is 3. The molecule has 1 N–H and O–H groups in total. The van der Waals surface area contributed by atoms with Gasteiger partial charge in [0, 0.05) is 40.2 Å². The van der Waals surface area contributed by atoms with Crippen LogP contribution in [0.2, 0.25) is 0 Å². The van der Waals surface area contributed by atoms with Gasteiger partial charge in [0.05, 0.1) is 17.1 Å². The highest BCUT2D eigenvalue weighted by molar-refractivity contribution is 7.81. The fourth-order valence-corrected chi connectivity index (χ4v) is 5.44. The molecule has 0 spiro atoms. The van der Waals surface area contributed by atoms with E-state index in [4.69, 9.17) is 6.42 Å². The predicted octanol–water partition coefficient (Wildman–Crippen LogP) is 6.42. The summed E-state index contributed by atoms with van der Waals surface area (Å²) < 4.78 is 42.0. The Morgan fingerprint density at radius 2 is 1.87 bits per heavy atom. The van der Waals surface area contributed by atoms with Crippen molar-refractivity contribution < 1.29 is 16.5 Å². The number of H-pyrrole nitrogens is 1. The number of hydrogen-bond acceptors (Lipinski definition) is 5. The summed E-state index contributed by atoms with van der Waals surface area (Å²) in [7, 11) is -5.20. The van der Waals surface area contributed by atoms with E-state index in [9.17, 15) is 17.1 Å². The van der Waals surface area contributed by atoms with Gasteiger partial charge in [0.1, 0.15) is 5.65 Å². The van der Waals surface area contributed by atoms with E-state index in [2.05, 4.69) is 38.5 Å². The van der Waals surface area contributed by atoms with E-state index in [1.807, 2.05) is 30.3 Å². The lowest BCUT2D eigenvalue weighted by Crippen LogP contribution is -2.12. The quantitative estimate of drug-likeness (QED) is 0.171. The Hall–Kier alpha value is -4.16. The van der Waals surface area contributed by atoms with E-state index in [0.29, 0.717) is 29.3 Å². The second-order valence-electron chi connectivity index (χ2n) is 9.60. The number of unbranched alkanes of at least 4 members (excludes halogenated alkanes) is 2. The first-order chi connectivity index (χ1) is 18.7. The number of terminal acetylenes is 1. The minimum atomic E-state index is -5.20. The molecule has 200 valence electrons. The molecule has 0 aliphatic heterocycles. The third-order valence-electron chi connectivity index (χ3n) is 6.95. The highest BCUT2D eigenvalue weighted by atomic mass is 32.3. The number of aryl methyl sites for hydroxylation is 2. The van der Waals surface area contributed by atoms with Crippen molar-refractivity contribution >= 4 is 43.3 Å². The molecule has 0 saturated heterocycles. The van der Waals surface area contributed by atoms with Gasteiger partial charge in [0.2, 0.25) is 0 Å². The van der Waals surface area contributed by atoms with Gasteiger partial charge in [-0.3, -0.25) is 9.78 Å². The first-order valence-electron chi connectivity index (χ1n) is 12.9. The molecule has 0 unspecified atom stereocenters. The summed E-state index contributed by atoms with van der Waals surface area (Å²) >= 11 is 0. The van der Waals surface area contributed by atoms with Crippen LogP contribution in [0.25, 0.3) is 44.0 Å². The van der Waals surface area contributed by atoms with Crippen LogP contribution >= 0.6 is 0 Å². The van der Waals surface area contributed by atoms with Gasteiger partial charge in [0.25, 0.3) is 0 Å². The highest BCUT2D eigenvalue weighted by Crippen LogP contribution is 2.34. The average Bonchev–Trinajstić information content (AvgIpc) is 3.29. The van der Waals surface area contributed by atoms with Gasteiger partial charge in [-0.15, -0.1) is 6.42 Å². The summed E-state index contributed by atoms with van der Waals surface area (Å²) in [6, 6.07) is 10.9. The van der Waals surface area contributed by atoms with Crippen LogP contribution in [-0.2, 0) is 23.5 Å². The molecule has 5 rings (SSSR count). The number of benzene rings is 2. The molecule has 39 heavy (non-hydrogen) atoms. The normalized spacial score (nSPS) is 11.8. The van der Waals surface area contributed by atoms with Crippen molar-refractivity contribution in [3.63, 3.8) is 0 Å². The van der Waals surface area contributed by atoms with Crippen LogP contribution in [0.4, 0.5) is 3.89 Å². The fourth-order valence-electron chi connectivity index (χ4n) is 5.12. The monoisotopic (exact) mass is 545 g/mol. The highest BCUT2D eigenvalue weighted by Gasteiger charge is 2.19. The molecule has 0 amide bonds. The van der Waals surface area contributed by atoms with Crippen LogP contribution in [0, 0.1) is 12.3 Å².